The highest BCUT2D eigenvalue weighted by Crippen LogP contribution is 2.16. The van der Waals surface area contributed by atoms with Crippen LogP contribution in [0.3, 0.4) is 0 Å². The van der Waals surface area contributed by atoms with Gasteiger partial charge in [-0.1, -0.05) is 87.1 Å². The second-order valence-corrected chi connectivity index (χ2v) is 5.62. The number of unbranched alkanes of at least 4 members (excludes halogenated alkanes) is 3. The number of allylic oxidation sites excluding steroid dienone is 7. The third-order valence-corrected chi connectivity index (χ3v) is 3.64. The van der Waals surface area contributed by atoms with E-state index in [1.807, 2.05) is 25.2 Å². The second kappa shape index (κ2) is 20.9. The second-order valence-electron chi connectivity index (χ2n) is 5.62. The molecule has 0 bridgehead atoms. The number of hydrogen-bond donors (Lipinski definition) is 1. The molecule has 1 nitrogen and oxygen atoms in total. The number of rotatable bonds is 10. The Bertz CT molecular complexity index is 535. The van der Waals surface area contributed by atoms with Crippen molar-refractivity contribution in [1.82, 2.24) is 0 Å². The summed E-state index contributed by atoms with van der Waals surface area (Å²) in [7, 11) is 1.50. The lowest BCUT2D eigenvalue weighted by Gasteiger charge is -2.04. The van der Waals surface area contributed by atoms with E-state index in [-0.39, 0.29) is 0 Å². The van der Waals surface area contributed by atoms with Crippen molar-refractivity contribution in [1.29, 1.82) is 0 Å². The minimum Gasteiger partial charge on any atom is -0.333 e. The summed E-state index contributed by atoms with van der Waals surface area (Å²) in [6, 6.07) is 8.72. The zero-order valence-electron chi connectivity index (χ0n) is 17.2. The summed E-state index contributed by atoms with van der Waals surface area (Å²) in [6.07, 6.45) is 20.2. The Labute approximate surface area is 162 Å². The van der Waals surface area contributed by atoms with E-state index < -0.39 is 0 Å². The van der Waals surface area contributed by atoms with E-state index in [4.69, 9.17) is 0 Å². The smallest absolute Gasteiger partial charge is 0.0187 e. The van der Waals surface area contributed by atoms with Crippen LogP contribution < -0.4 is 5.73 Å². The van der Waals surface area contributed by atoms with Gasteiger partial charge in [0.25, 0.3) is 0 Å². The number of aryl methyl sites for hydroxylation is 1. The van der Waals surface area contributed by atoms with Gasteiger partial charge in [0.2, 0.25) is 0 Å². The highest BCUT2D eigenvalue weighted by atomic mass is 14.4. The zero-order chi connectivity index (χ0) is 20.0. The maximum atomic E-state index is 4.50. The summed E-state index contributed by atoms with van der Waals surface area (Å²) >= 11 is 0. The molecule has 0 fully saturated rings. The average Bonchev–Trinajstić information content (AvgIpc) is 2.70. The fraction of sp³-hybridized carbons (Fsp3) is 0.360. The van der Waals surface area contributed by atoms with Gasteiger partial charge in [0.15, 0.2) is 0 Å². The van der Waals surface area contributed by atoms with Crippen LogP contribution in [0.5, 0.6) is 0 Å². The van der Waals surface area contributed by atoms with Gasteiger partial charge in [-0.2, -0.15) is 0 Å². The molecule has 1 aromatic carbocycles. The van der Waals surface area contributed by atoms with Crippen molar-refractivity contribution >= 4 is 5.57 Å². The first kappa shape index (κ1) is 26.1. The lowest BCUT2D eigenvalue weighted by atomic mass is 10.0. The SMILES string of the molecule is C=C.C=C(/C=C\C=C/C)c1cccc(CCC=CCCCCC)c1.CN. The summed E-state index contributed by atoms with van der Waals surface area (Å²) in [6.45, 7) is 14.4. The van der Waals surface area contributed by atoms with Crippen molar-refractivity contribution < 1.29 is 0 Å². The Kier molecular flexibility index (Phi) is 21.0. The summed E-state index contributed by atoms with van der Waals surface area (Å²) in [4.78, 5) is 0. The molecular formula is C25H39N. The van der Waals surface area contributed by atoms with Gasteiger partial charge in [-0.25, -0.2) is 0 Å². The van der Waals surface area contributed by atoms with Crippen LogP contribution in [-0.4, -0.2) is 7.05 Å². The summed E-state index contributed by atoms with van der Waals surface area (Å²) in [5.41, 5.74) is 8.16. The first-order valence-corrected chi connectivity index (χ1v) is 9.58. The van der Waals surface area contributed by atoms with Gasteiger partial charge in [-0.15, -0.1) is 13.2 Å². The minimum atomic E-state index is 1.06. The molecule has 1 heteroatoms. The molecule has 0 amide bonds. The van der Waals surface area contributed by atoms with Gasteiger partial charge in [-0.3, -0.25) is 0 Å². The molecule has 26 heavy (non-hydrogen) atoms. The Morgan fingerprint density at radius 3 is 2.38 bits per heavy atom. The molecule has 0 atom stereocenters. The van der Waals surface area contributed by atoms with Crippen molar-refractivity contribution in [3.63, 3.8) is 0 Å². The van der Waals surface area contributed by atoms with Crippen molar-refractivity contribution in [3.05, 3.63) is 91.6 Å². The molecule has 0 spiro atoms. The first-order chi connectivity index (χ1) is 12.8. The standard InChI is InChI=1S/C22H30.C2H4.CH5N/c1-4-6-8-9-10-11-13-16-21-17-14-18-22(19-21)20(3)15-12-7-5-2;2*1-2/h5,7,10-12,14-15,17-19H,3-4,6,8-9,13,16H2,1-2H3;1-2H2;2H2,1H3/b7-5-,11-10?,15-12-;;. The van der Waals surface area contributed by atoms with Gasteiger partial charge in [0.05, 0.1) is 0 Å². The molecule has 0 aliphatic heterocycles. The lowest BCUT2D eigenvalue weighted by Crippen LogP contribution is -1.86. The van der Waals surface area contributed by atoms with E-state index in [0.717, 1.165) is 18.4 Å². The predicted molar refractivity (Wildman–Crippen MR) is 122 cm³/mol. The summed E-state index contributed by atoms with van der Waals surface area (Å²) in [5, 5.41) is 0. The number of benzene rings is 1. The maximum Gasteiger partial charge on any atom is -0.0187 e. The fourth-order valence-electron chi connectivity index (χ4n) is 2.30. The molecule has 0 heterocycles. The Morgan fingerprint density at radius 1 is 1.04 bits per heavy atom. The topological polar surface area (TPSA) is 26.0 Å². The van der Waals surface area contributed by atoms with Crippen LogP contribution in [-0.2, 0) is 6.42 Å². The predicted octanol–water partition coefficient (Wildman–Crippen LogP) is 7.28. The fourth-order valence-corrected chi connectivity index (χ4v) is 2.30. The largest absolute Gasteiger partial charge is 0.333 e. The van der Waals surface area contributed by atoms with Crippen LogP contribution in [0.2, 0.25) is 0 Å². The highest BCUT2D eigenvalue weighted by Gasteiger charge is 1.97. The zero-order valence-corrected chi connectivity index (χ0v) is 17.2. The molecule has 0 aliphatic rings. The summed E-state index contributed by atoms with van der Waals surface area (Å²) in [5.74, 6) is 0. The molecule has 0 aromatic heterocycles. The highest BCUT2D eigenvalue weighted by molar-refractivity contribution is 5.72. The number of nitrogens with two attached hydrogens (primary N) is 1. The molecule has 0 saturated heterocycles. The molecule has 0 saturated carbocycles. The quantitative estimate of drug-likeness (QED) is 0.267. The molecule has 1 aromatic rings. The van der Waals surface area contributed by atoms with E-state index >= 15 is 0 Å². The number of hydrogen-bond acceptors (Lipinski definition) is 1. The normalized spacial score (nSPS) is 10.5. The molecular weight excluding hydrogens is 314 g/mol. The Hall–Kier alpha value is -2.12. The minimum absolute atomic E-state index is 1.06. The molecule has 0 radical (unpaired) electrons. The molecule has 1 rings (SSSR count). The van der Waals surface area contributed by atoms with Gasteiger partial charge >= 0.3 is 0 Å². The van der Waals surface area contributed by atoms with Gasteiger partial charge < -0.3 is 5.73 Å². The van der Waals surface area contributed by atoms with Crippen molar-refractivity contribution in [2.24, 2.45) is 5.73 Å². The van der Waals surface area contributed by atoms with Crippen molar-refractivity contribution in [3.8, 4) is 0 Å². The van der Waals surface area contributed by atoms with E-state index in [1.165, 1.54) is 43.9 Å². The average molecular weight is 354 g/mol. The van der Waals surface area contributed by atoms with E-state index in [9.17, 15) is 0 Å². The van der Waals surface area contributed by atoms with Crippen LogP contribution in [0.4, 0.5) is 0 Å². The maximum absolute atomic E-state index is 4.50. The Morgan fingerprint density at radius 2 is 1.73 bits per heavy atom. The molecule has 144 valence electrons. The summed E-state index contributed by atoms with van der Waals surface area (Å²) < 4.78 is 0. The van der Waals surface area contributed by atoms with E-state index in [0.29, 0.717) is 0 Å². The van der Waals surface area contributed by atoms with Crippen LogP contribution in [0.1, 0.15) is 57.1 Å². The van der Waals surface area contributed by atoms with Crippen molar-refractivity contribution in [2.45, 2.75) is 52.4 Å². The van der Waals surface area contributed by atoms with E-state index in [2.05, 4.69) is 74.9 Å². The molecule has 0 aliphatic carbocycles. The third-order valence-electron chi connectivity index (χ3n) is 3.64. The van der Waals surface area contributed by atoms with Crippen LogP contribution >= 0.6 is 0 Å². The Balaban J connectivity index is 0. The van der Waals surface area contributed by atoms with Crippen molar-refractivity contribution in [2.75, 3.05) is 7.05 Å². The van der Waals surface area contributed by atoms with E-state index in [1.54, 1.807) is 0 Å². The van der Waals surface area contributed by atoms with Gasteiger partial charge in [0.1, 0.15) is 0 Å². The van der Waals surface area contributed by atoms with Gasteiger partial charge in [0, 0.05) is 0 Å². The van der Waals surface area contributed by atoms with Crippen LogP contribution in [0.15, 0.2) is 80.5 Å². The molecule has 0 unspecified atom stereocenters. The third kappa shape index (κ3) is 14.2. The van der Waals surface area contributed by atoms with Gasteiger partial charge in [-0.05, 0) is 56.4 Å². The molecule has 2 N–H and O–H groups in total. The monoisotopic (exact) mass is 353 g/mol. The van der Waals surface area contributed by atoms with Crippen LogP contribution in [0, 0.1) is 0 Å². The first-order valence-electron chi connectivity index (χ1n) is 9.58. The van der Waals surface area contributed by atoms with Crippen LogP contribution in [0.25, 0.3) is 5.57 Å². The lowest BCUT2D eigenvalue weighted by molar-refractivity contribution is 0.728.